The first-order valence-corrected chi connectivity index (χ1v) is 9.71. The minimum atomic E-state index is 1.18. The average molecular weight is 296 g/mol. The molecule has 0 fully saturated rings. The van der Waals surface area contributed by atoms with Gasteiger partial charge in [-0.05, 0) is 45.7 Å². The Bertz CT molecular complexity index is 198. The molecule has 0 amide bonds. The summed E-state index contributed by atoms with van der Waals surface area (Å²) in [7, 11) is 2.04. The molecule has 0 aliphatic carbocycles. The van der Waals surface area contributed by atoms with Gasteiger partial charge in [-0.25, -0.2) is 0 Å². The van der Waals surface area contributed by atoms with Gasteiger partial charge in [-0.15, -0.1) is 0 Å². The molecule has 1 nitrogen and oxygen atoms in total. The monoisotopic (exact) mass is 295 g/mol. The van der Waals surface area contributed by atoms with E-state index in [2.05, 4.69) is 24.4 Å². The topological polar surface area (TPSA) is 12.0 Å². The van der Waals surface area contributed by atoms with Crippen molar-refractivity contribution >= 4 is 0 Å². The molecule has 0 spiro atoms. The van der Waals surface area contributed by atoms with Gasteiger partial charge in [0.1, 0.15) is 0 Å². The Morgan fingerprint density at radius 3 is 1.48 bits per heavy atom. The summed E-state index contributed by atoms with van der Waals surface area (Å²) in [6.45, 7) is 3.47. The number of nitrogens with one attached hydrogen (secondary N) is 1. The van der Waals surface area contributed by atoms with Crippen LogP contribution in [0.25, 0.3) is 0 Å². The number of allylic oxidation sites excluding steroid dienone is 2. The Morgan fingerprint density at radius 2 is 1.00 bits per heavy atom. The third kappa shape index (κ3) is 19.7. The first kappa shape index (κ1) is 20.7. The second kappa shape index (κ2) is 19.7. The van der Waals surface area contributed by atoms with Gasteiger partial charge in [0.05, 0.1) is 0 Å². The average Bonchev–Trinajstić information content (AvgIpc) is 2.50. The summed E-state index contributed by atoms with van der Waals surface area (Å²) in [4.78, 5) is 0. The summed E-state index contributed by atoms with van der Waals surface area (Å²) >= 11 is 0. The van der Waals surface area contributed by atoms with Crippen LogP contribution in [0.4, 0.5) is 0 Å². The molecular formula is C20H41N. The van der Waals surface area contributed by atoms with Gasteiger partial charge in [-0.2, -0.15) is 0 Å². The van der Waals surface area contributed by atoms with Crippen LogP contribution in [0, 0.1) is 0 Å². The summed E-state index contributed by atoms with van der Waals surface area (Å²) in [5, 5.41) is 3.21. The Balaban J connectivity index is 3.02. The zero-order valence-corrected chi connectivity index (χ0v) is 15.0. The van der Waals surface area contributed by atoms with Crippen LogP contribution in [0.1, 0.15) is 103 Å². The van der Waals surface area contributed by atoms with E-state index in [1.54, 1.807) is 0 Å². The lowest BCUT2D eigenvalue weighted by Gasteiger charge is -2.00. The van der Waals surface area contributed by atoms with Crippen LogP contribution >= 0.6 is 0 Å². The molecule has 1 heteroatoms. The van der Waals surface area contributed by atoms with Crippen LogP contribution in [0.5, 0.6) is 0 Å². The molecule has 0 bridgehead atoms. The summed E-state index contributed by atoms with van der Waals surface area (Å²) < 4.78 is 0. The van der Waals surface area contributed by atoms with Crippen LogP contribution in [-0.2, 0) is 0 Å². The third-order valence-electron chi connectivity index (χ3n) is 4.19. The minimum absolute atomic E-state index is 1.18. The minimum Gasteiger partial charge on any atom is -0.320 e. The van der Waals surface area contributed by atoms with Gasteiger partial charge in [0.25, 0.3) is 0 Å². The van der Waals surface area contributed by atoms with Gasteiger partial charge in [-0.3, -0.25) is 0 Å². The molecular weight excluding hydrogens is 254 g/mol. The lowest BCUT2D eigenvalue weighted by molar-refractivity contribution is 0.583. The van der Waals surface area contributed by atoms with Crippen molar-refractivity contribution in [2.24, 2.45) is 0 Å². The fourth-order valence-electron chi connectivity index (χ4n) is 2.73. The fourth-order valence-corrected chi connectivity index (χ4v) is 2.73. The van der Waals surface area contributed by atoms with Crippen LogP contribution in [0.3, 0.4) is 0 Å². The molecule has 0 aromatic carbocycles. The molecule has 0 unspecified atom stereocenters. The van der Waals surface area contributed by atoms with Crippen molar-refractivity contribution < 1.29 is 0 Å². The van der Waals surface area contributed by atoms with Crippen molar-refractivity contribution in [1.29, 1.82) is 0 Å². The molecule has 0 saturated heterocycles. The third-order valence-corrected chi connectivity index (χ3v) is 4.19. The quantitative estimate of drug-likeness (QED) is 0.234. The fraction of sp³-hybridized carbons (Fsp3) is 0.900. The molecule has 21 heavy (non-hydrogen) atoms. The molecule has 0 radical (unpaired) electrons. The molecule has 0 aromatic heterocycles. The van der Waals surface area contributed by atoms with E-state index in [-0.39, 0.29) is 0 Å². The number of hydrogen-bond acceptors (Lipinski definition) is 1. The van der Waals surface area contributed by atoms with Crippen molar-refractivity contribution in [3.63, 3.8) is 0 Å². The summed E-state index contributed by atoms with van der Waals surface area (Å²) in [6, 6.07) is 0. The molecule has 0 heterocycles. The van der Waals surface area contributed by atoms with Gasteiger partial charge in [0, 0.05) is 0 Å². The van der Waals surface area contributed by atoms with Gasteiger partial charge in [-0.1, -0.05) is 83.3 Å². The molecule has 0 saturated carbocycles. The van der Waals surface area contributed by atoms with E-state index < -0.39 is 0 Å². The van der Waals surface area contributed by atoms with E-state index in [1.165, 1.54) is 103 Å². The van der Waals surface area contributed by atoms with E-state index >= 15 is 0 Å². The van der Waals surface area contributed by atoms with Crippen molar-refractivity contribution in [3.8, 4) is 0 Å². The van der Waals surface area contributed by atoms with Crippen LogP contribution in [0.15, 0.2) is 12.2 Å². The second-order valence-electron chi connectivity index (χ2n) is 6.39. The highest BCUT2D eigenvalue weighted by Gasteiger charge is 1.91. The Morgan fingerprint density at radius 1 is 0.571 bits per heavy atom. The van der Waals surface area contributed by atoms with Crippen LogP contribution in [0.2, 0.25) is 0 Å². The van der Waals surface area contributed by atoms with Crippen molar-refractivity contribution in [1.82, 2.24) is 5.32 Å². The zero-order chi connectivity index (χ0) is 15.4. The maximum absolute atomic E-state index is 3.21. The summed E-state index contributed by atoms with van der Waals surface area (Å²) in [6.07, 6.45) is 25.8. The smallest absolute Gasteiger partial charge is 0.00519 e. The second-order valence-corrected chi connectivity index (χ2v) is 6.39. The Labute approximate surface area is 135 Å². The van der Waals surface area contributed by atoms with Gasteiger partial charge in [0.15, 0.2) is 0 Å². The van der Waals surface area contributed by atoms with Crippen LogP contribution < -0.4 is 5.32 Å². The largest absolute Gasteiger partial charge is 0.320 e. The molecule has 0 aliphatic heterocycles. The first-order valence-electron chi connectivity index (χ1n) is 9.71. The predicted octanol–water partition coefficient (Wildman–Crippen LogP) is 6.63. The van der Waals surface area contributed by atoms with E-state index in [9.17, 15) is 0 Å². The highest BCUT2D eigenvalue weighted by Crippen LogP contribution is 2.10. The standard InChI is InChI=1S/C20H41N/c1-3-4-5-6-7-8-9-10-11-12-13-14-15-16-17-18-19-20-21-2/h11-12,21H,3-10,13-20H2,1-2H3/b12-11-. The first-order chi connectivity index (χ1) is 10.4. The molecule has 0 aliphatic rings. The predicted molar refractivity (Wildman–Crippen MR) is 98.0 cm³/mol. The normalized spacial score (nSPS) is 11.5. The summed E-state index contributed by atoms with van der Waals surface area (Å²) in [5.41, 5.74) is 0. The number of hydrogen-bond donors (Lipinski definition) is 1. The van der Waals surface area contributed by atoms with Gasteiger partial charge >= 0.3 is 0 Å². The maximum atomic E-state index is 3.21. The van der Waals surface area contributed by atoms with E-state index in [1.807, 2.05) is 7.05 Å². The van der Waals surface area contributed by atoms with Gasteiger partial charge < -0.3 is 5.32 Å². The lowest BCUT2D eigenvalue weighted by atomic mass is 10.1. The van der Waals surface area contributed by atoms with E-state index in [0.29, 0.717) is 0 Å². The van der Waals surface area contributed by atoms with Crippen molar-refractivity contribution in [3.05, 3.63) is 12.2 Å². The number of rotatable bonds is 17. The maximum Gasteiger partial charge on any atom is -0.00519 e. The van der Waals surface area contributed by atoms with E-state index in [4.69, 9.17) is 0 Å². The van der Waals surface area contributed by atoms with Crippen molar-refractivity contribution in [2.75, 3.05) is 13.6 Å². The Hall–Kier alpha value is -0.300. The van der Waals surface area contributed by atoms with Crippen LogP contribution in [-0.4, -0.2) is 13.6 Å². The highest BCUT2D eigenvalue weighted by atomic mass is 14.8. The lowest BCUT2D eigenvalue weighted by Crippen LogP contribution is -2.06. The van der Waals surface area contributed by atoms with Gasteiger partial charge in [0.2, 0.25) is 0 Å². The molecule has 1 N–H and O–H groups in total. The molecule has 126 valence electrons. The molecule has 0 rings (SSSR count). The zero-order valence-electron chi connectivity index (χ0n) is 15.0. The van der Waals surface area contributed by atoms with Crippen molar-refractivity contribution in [2.45, 2.75) is 103 Å². The highest BCUT2D eigenvalue weighted by molar-refractivity contribution is 4.81. The summed E-state index contributed by atoms with van der Waals surface area (Å²) in [5.74, 6) is 0. The molecule has 0 atom stereocenters. The SMILES string of the molecule is CCCCCCCCC/C=C\CCCCCCCCNC. The van der Waals surface area contributed by atoms with E-state index in [0.717, 1.165) is 0 Å². The molecule has 0 aromatic rings. The Kier molecular flexibility index (Phi) is 19.4. The number of unbranched alkanes of at least 4 members (excludes halogenated alkanes) is 13.